The van der Waals surface area contributed by atoms with E-state index in [4.69, 9.17) is 10.8 Å². The highest BCUT2D eigenvalue weighted by Gasteiger charge is 2.13. The standard InChI is InChI=1S/C8H16N4OS/c1-6(2)12-7(5-9)10-11-8(12)14-4-3-13/h6,13H,3-5,9H2,1-2H3. The average Bonchev–Trinajstić information content (AvgIpc) is 2.57. The Morgan fingerprint density at radius 1 is 1.50 bits per heavy atom. The second kappa shape index (κ2) is 5.33. The van der Waals surface area contributed by atoms with E-state index in [1.807, 2.05) is 4.57 Å². The van der Waals surface area contributed by atoms with Crippen molar-refractivity contribution in [3.63, 3.8) is 0 Å². The molecule has 14 heavy (non-hydrogen) atoms. The van der Waals surface area contributed by atoms with E-state index >= 15 is 0 Å². The summed E-state index contributed by atoms with van der Waals surface area (Å²) in [4.78, 5) is 0. The maximum absolute atomic E-state index is 8.72. The molecule has 0 aromatic carbocycles. The van der Waals surface area contributed by atoms with Crippen molar-refractivity contribution in [2.24, 2.45) is 5.73 Å². The van der Waals surface area contributed by atoms with Gasteiger partial charge in [0.25, 0.3) is 0 Å². The summed E-state index contributed by atoms with van der Waals surface area (Å²) < 4.78 is 2.00. The first-order valence-corrected chi connectivity index (χ1v) is 5.56. The molecule has 0 aliphatic rings. The molecule has 1 aromatic heterocycles. The van der Waals surface area contributed by atoms with Gasteiger partial charge in [-0.05, 0) is 13.8 Å². The number of nitrogens with zero attached hydrogens (tertiary/aromatic N) is 3. The van der Waals surface area contributed by atoms with Crippen LogP contribution in [0.2, 0.25) is 0 Å². The molecule has 5 nitrogen and oxygen atoms in total. The molecule has 80 valence electrons. The van der Waals surface area contributed by atoms with Gasteiger partial charge in [-0.25, -0.2) is 0 Å². The van der Waals surface area contributed by atoms with Crippen molar-refractivity contribution in [2.75, 3.05) is 12.4 Å². The summed E-state index contributed by atoms with van der Waals surface area (Å²) in [6.07, 6.45) is 0. The van der Waals surface area contributed by atoms with E-state index in [2.05, 4.69) is 24.0 Å². The van der Waals surface area contributed by atoms with Gasteiger partial charge >= 0.3 is 0 Å². The molecule has 0 radical (unpaired) electrons. The van der Waals surface area contributed by atoms with Crippen molar-refractivity contribution in [3.05, 3.63) is 5.82 Å². The van der Waals surface area contributed by atoms with Crippen molar-refractivity contribution < 1.29 is 5.11 Å². The van der Waals surface area contributed by atoms with Crippen LogP contribution in [0.5, 0.6) is 0 Å². The Kier molecular flexibility index (Phi) is 4.37. The van der Waals surface area contributed by atoms with Gasteiger partial charge in [0.1, 0.15) is 5.82 Å². The monoisotopic (exact) mass is 216 g/mol. The molecule has 0 amide bonds. The Morgan fingerprint density at radius 3 is 2.71 bits per heavy atom. The highest BCUT2D eigenvalue weighted by Crippen LogP contribution is 2.20. The summed E-state index contributed by atoms with van der Waals surface area (Å²) in [5.41, 5.74) is 5.55. The molecule has 1 aromatic rings. The first kappa shape index (κ1) is 11.5. The number of hydrogen-bond donors (Lipinski definition) is 2. The van der Waals surface area contributed by atoms with Gasteiger partial charge < -0.3 is 15.4 Å². The minimum absolute atomic E-state index is 0.146. The lowest BCUT2D eigenvalue weighted by Gasteiger charge is -2.12. The topological polar surface area (TPSA) is 77.0 Å². The van der Waals surface area contributed by atoms with Gasteiger partial charge in [0.05, 0.1) is 13.2 Å². The normalized spacial score (nSPS) is 11.2. The zero-order chi connectivity index (χ0) is 10.6. The second-order valence-electron chi connectivity index (χ2n) is 3.14. The number of hydrogen-bond acceptors (Lipinski definition) is 5. The molecule has 0 saturated carbocycles. The van der Waals surface area contributed by atoms with Crippen LogP contribution in [0.4, 0.5) is 0 Å². The van der Waals surface area contributed by atoms with Crippen molar-refractivity contribution >= 4 is 11.8 Å². The second-order valence-corrected chi connectivity index (χ2v) is 4.20. The van der Waals surface area contributed by atoms with Crippen LogP contribution in [-0.4, -0.2) is 32.2 Å². The maximum atomic E-state index is 8.72. The Morgan fingerprint density at radius 2 is 2.21 bits per heavy atom. The number of rotatable bonds is 5. The minimum Gasteiger partial charge on any atom is -0.396 e. The number of aromatic nitrogens is 3. The van der Waals surface area contributed by atoms with E-state index in [9.17, 15) is 0 Å². The van der Waals surface area contributed by atoms with Gasteiger partial charge in [0, 0.05) is 11.8 Å². The molecule has 0 aliphatic heterocycles. The van der Waals surface area contributed by atoms with Gasteiger partial charge in [-0.2, -0.15) is 0 Å². The molecule has 1 rings (SSSR count). The van der Waals surface area contributed by atoms with Gasteiger partial charge in [0.2, 0.25) is 0 Å². The van der Waals surface area contributed by atoms with Crippen LogP contribution < -0.4 is 5.73 Å². The minimum atomic E-state index is 0.146. The predicted molar refractivity (Wildman–Crippen MR) is 56.1 cm³/mol. The Balaban J connectivity index is 2.87. The van der Waals surface area contributed by atoms with E-state index < -0.39 is 0 Å². The van der Waals surface area contributed by atoms with E-state index in [0.29, 0.717) is 18.3 Å². The number of aliphatic hydroxyl groups excluding tert-OH is 1. The van der Waals surface area contributed by atoms with Crippen LogP contribution in [0.3, 0.4) is 0 Å². The first-order valence-electron chi connectivity index (χ1n) is 4.58. The van der Waals surface area contributed by atoms with Gasteiger partial charge in [-0.1, -0.05) is 11.8 Å². The third-order valence-corrected chi connectivity index (χ3v) is 2.68. The molecular formula is C8H16N4OS. The smallest absolute Gasteiger partial charge is 0.191 e. The quantitative estimate of drug-likeness (QED) is 0.697. The number of thioether (sulfide) groups is 1. The molecule has 0 atom stereocenters. The lowest BCUT2D eigenvalue weighted by atomic mass is 10.4. The van der Waals surface area contributed by atoms with Crippen LogP contribution in [0.15, 0.2) is 5.16 Å². The molecule has 6 heteroatoms. The largest absolute Gasteiger partial charge is 0.396 e. The summed E-state index contributed by atoms with van der Waals surface area (Å²) in [6.45, 7) is 4.66. The van der Waals surface area contributed by atoms with Gasteiger partial charge in [-0.15, -0.1) is 10.2 Å². The fourth-order valence-corrected chi connectivity index (χ4v) is 2.03. The van der Waals surface area contributed by atoms with Crippen LogP contribution in [-0.2, 0) is 6.54 Å². The van der Waals surface area contributed by atoms with Crippen LogP contribution in [0.25, 0.3) is 0 Å². The Hall–Kier alpha value is -0.590. The third-order valence-electron chi connectivity index (χ3n) is 1.76. The fraction of sp³-hybridized carbons (Fsp3) is 0.750. The zero-order valence-electron chi connectivity index (χ0n) is 8.47. The molecular weight excluding hydrogens is 200 g/mol. The predicted octanol–water partition coefficient (Wildman–Crippen LogP) is 0.402. The summed E-state index contributed by atoms with van der Waals surface area (Å²) in [5.74, 6) is 1.43. The highest BCUT2D eigenvalue weighted by molar-refractivity contribution is 7.99. The van der Waals surface area contributed by atoms with E-state index in [1.54, 1.807) is 0 Å². The van der Waals surface area contributed by atoms with Gasteiger partial charge in [-0.3, -0.25) is 0 Å². The maximum Gasteiger partial charge on any atom is 0.191 e. The highest BCUT2D eigenvalue weighted by atomic mass is 32.2. The molecule has 0 saturated heterocycles. The number of nitrogens with two attached hydrogens (primary N) is 1. The average molecular weight is 216 g/mol. The van der Waals surface area contributed by atoms with E-state index in [0.717, 1.165) is 11.0 Å². The fourth-order valence-electron chi connectivity index (χ4n) is 1.20. The van der Waals surface area contributed by atoms with Crippen molar-refractivity contribution in [1.82, 2.24) is 14.8 Å². The Bertz CT molecular complexity index is 287. The molecule has 0 unspecified atom stereocenters. The molecule has 0 bridgehead atoms. The summed E-state index contributed by atoms with van der Waals surface area (Å²) in [6, 6.07) is 0.296. The lowest BCUT2D eigenvalue weighted by molar-refractivity contribution is 0.322. The van der Waals surface area contributed by atoms with E-state index in [1.165, 1.54) is 11.8 Å². The number of aliphatic hydroxyl groups is 1. The van der Waals surface area contributed by atoms with Gasteiger partial charge in [0.15, 0.2) is 5.16 Å². The van der Waals surface area contributed by atoms with Crippen molar-refractivity contribution in [3.8, 4) is 0 Å². The summed E-state index contributed by atoms with van der Waals surface area (Å²) in [5, 5.41) is 17.6. The SMILES string of the molecule is CC(C)n1c(CN)nnc1SCCO. The summed E-state index contributed by atoms with van der Waals surface area (Å²) in [7, 11) is 0. The zero-order valence-corrected chi connectivity index (χ0v) is 9.29. The molecule has 0 fully saturated rings. The Labute approximate surface area is 87.7 Å². The molecule has 0 aliphatic carbocycles. The van der Waals surface area contributed by atoms with E-state index in [-0.39, 0.29) is 6.61 Å². The van der Waals surface area contributed by atoms with Crippen LogP contribution in [0.1, 0.15) is 25.7 Å². The third kappa shape index (κ3) is 2.46. The molecule has 3 N–H and O–H groups in total. The molecule has 1 heterocycles. The first-order chi connectivity index (χ1) is 6.70. The molecule has 0 spiro atoms. The van der Waals surface area contributed by atoms with Crippen LogP contribution in [0, 0.1) is 0 Å². The van der Waals surface area contributed by atoms with Crippen molar-refractivity contribution in [1.29, 1.82) is 0 Å². The van der Waals surface area contributed by atoms with Crippen LogP contribution >= 0.6 is 11.8 Å². The summed E-state index contributed by atoms with van der Waals surface area (Å²) >= 11 is 1.50. The lowest BCUT2D eigenvalue weighted by Crippen LogP contribution is -2.11. The van der Waals surface area contributed by atoms with Crippen molar-refractivity contribution in [2.45, 2.75) is 31.6 Å².